The van der Waals surface area contributed by atoms with Crippen molar-refractivity contribution in [1.29, 1.82) is 0 Å². The van der Waals surface area contributed by atoms with E-state index in [0.717, 1.165) is 0 Å². The smallest absolute Gasteiger partial charge is 0.266 e. The maximum atomic E-state index is 14.4. The van der Waals surface area contributed by atoms with Crippen LogP contribution in [0.15, 0.2) is 65.8 Å². The van der Waals surface area contributed by atoms with Crippen molar-refractivity contribution < 1.29 is 18.7 Å². The van der Waals surface area contributed by atoms with E-state index >= 15 is 0 Å². The molecule has 4 rings (SSSR count). The lowest BCUT2D eigenvalue weighted by molar-refractivity contribution is -0.129. The summed E-state index contributed by atoms with van der Waals surface area (Å²) in [7, 11) is 1.57. The Labute approximate surface area is 191 Å². The van der Waals surface area contributed by atoms with Crippen molar-refractivity contribution in [3.05, 3.63) is 77.9 Å². The van der Waals surface area contributed by atoms with Gasteiger partial charge in [-0.15, -0.1) is 0 Å². The number of guanidine groups is 1. The zero-order valence-corrected chi connectivity index (χ0v) is 18.7. The molecule has 33 heavy (non-hydrogen) atoms. The number of halogens is 1. The summed E-state index contributed by atoms with van der Waals surface area (Å²) < 4.78 is 25.9. The lowest BCUT2D eigenvalue weighted by atomic mass is 9.81. The molecule has 0 bridgehead atoms. The second kappa shape index (κ2) is 8.90. The number of hydrogen-bond acceptors (Lipinski definition) is 6. The van der Waals surface area contributed by atoms with Crippen LogP contribution in [-0.2, 0) is 10.3 Å². The SMILES string of the molecule is CCOc1ccc(C2(c3cccc(-c4cccnc4F)c3)N=C(N)N(C)C2=O)cc1OCC. The Balaban J connectivity index is 1.93. The molecule has 8 heteroatoms. The van der Waals surface area contributed by atoms with Crippen molar-refractivity contribution in [3.8, 4) is 22.6 Å². The van der Waals surface area contributed by atoms with Crippen molar-refractivity contribution in [2.24, 2.45) is 10.7 Å². The molecule has 0 saturated carbocycles. The molecule has 2 aromatic carbocycles. The molecule has 1 aliphatic rings. The number of carbonyl (C=O) groups excluding carboxylic acids is 1. The van der Waals surface area contributed by atoms with E-state index in [2.05, 4.69) is 9.98 Å². The van der Waals surface area contributed by atoms with Gasteiger partial charge in [0.05, 0.1) is 13.2 Å². The Bertz CT molecular complexity index is 1230. The Morgan fingerprint density at radius 1 is 1.00 bits per heavy atom. The van der Waals surface area contributed by atoms with Crippen molar-refractivity contribution >= 4 is 11.9 Å². The summed E-state index contributed by atoms with van der Waals surface area (Å²) in [5.74, 6) is 0.239. The third-order valence-electron chi connectivity index (χ3n) is 5.55. The Hall–Kier alpha value is -3.94. The van der Waals surface area contributed by atoms with E-state index in [-0.39, 0.29) is 11.9 Å². The molecule has 0 saturated heterocycles. The number of pyridine rings is 1. The van der Waals surface area contributed by atoms with E-state index in [0.29, 0.717) is 47.0 Å². The van der Waals surface area contributed by atoms with Crippen LogP contribution in [0, 0.1) is 5.95 Å². The quantitative estimate of drug-likeness (QED) is 0.557. The first kappa shape index (κ1) is 22.3. The zero-order valence-electron chi connectivity index (χ0n) is 18.7. The van der Waals surface area contributed by atoms with Gasteiger partial charge in [0, 0.05) is 18.8 Å². The van der Waals surface area contributed by atoms with Gasteiger partial charge in [-0.2, -0.15) is 4.39 Å². The number of nitrogens with zero attached hydrogens (tertiary/aromatic N) is 3. The van der Waals surface area contributed by atoms with Gasteiger partial charge in [-0.05, 0) is 60.9 Å². The molecule has 1 aliphatic heterocycles. The first-order chi connectivity index (χ1) is 15.9. The second-order valence-corrected chi connectivity index (χ2v) is 7.49. The monoisotopic (exact) mass is 448 g/mol. The number of aliphatic imine (C=N–C) groups is 1. The summed E-state index contributed by atoms with van der Waals surface area (Å²) in [6.45, 7) is 4.64. The number of likely N-dealkylation sites (N-methyl/N-ethyl adjacent to an activating group) is 1. The first-order valence-electron chi connectivity index (χ1n) is 10.7. The van der Waals surface area contributed by atoms with Gasteiger partial charge in [-0.1, -0.05) is 24.3 Å². The van der Waals surface area contributed by atoms with Crippen molar-refractivity contribution in [2.75, 3.05) is 20.3 Å². The van der Waals surface area contributed by atoms with Crippen LogP contribution in [-0.4, -0.2) is 42.0 Å². The normalized spacial score (nSPS) is 17.8. The molecule has 2 heterocycles. The van der Waals surface area contributed by atoms with Crippen LogP contribution in [0.3, 0.4) is 0 Å². The third-order valence-corrected chi connectivity index (χ3v) is 5.55. The van der Waals surface area contributed by atoms with E-state index < -0.39 is 11.5 Å². The van der Waals surface area contributed by atoms with Crippen LogP contribution >= 0.6 is 0 Å². The van der Waals surface area contributed by atoms with Crippen molar-refractivity contribution in [2.45, 2.75) is 19.4 Å². The average Bonchev–Trinajstić information content (AvgIpc) is 3.06. The van der Waals surface area contributed by atoms with E-state index in [1.54, 1.807) is 61.6 Å². The molecular weight excluding hydrogens is 423 g/mol. The highest BCUT2D eigenvalue weighted by Crippen LogP contribution is 2.43. The molecule has 7 nitrogen and oxygen atoms in total. The number of benzene rings is 2. The third kappa shape index (κ3) is 3.77. The number of carbonyl (C=O) groups is 1. The number of hydrogen-bond donors (Lipinski definition) is 1. The van der Waals surface area contributed by atoms with Crippen LogP contribution < -0.4 is 15.2 Å². The molecule has 1 atom stereocenters. The van der Waals surface area contributed by atoms with Gasteiger partial charge in [-0.25, -0.2) is 9.98 Å². The lowest BCUT2D eigenvalue weighted by Gasteiger charge is -2.27. The van der Waals surface area contributed by atoms with E-state index in [9.17, 15) is 9.18 Å². The zero-order chi connectivity index (χ0) is 23.6. The molecule has 2 N–H and O–H groups in total. The van der Waals surface area contributed by atoms with Crippen molar-refractivity contribution in [3.63, 3.8) is 0 Å². The molecule has 1 amide bonds. The topological polar surface area (TPSA) is 90.0 Å². The summed E-state index contributed by atoms with van der Waals surface area (Å²) in [5.41, 5.74) is 6.65. The molecule has 0 aliphatic carbocycles. The largest absolute Gasteiger partial charge is 0.490 e. The summed E-state index contributed by atoms with van der Waals surface area (Å²) in [6.07, 6.45) is 1.39. The first-order valence-corrected chi connectivity index (χ1v) is 10.7. The molecule has 170 valence electrons. The van der Waals surface area contributed by atoms with E-state index in [1.165, 1.54) is 11.1 Å². The van der Waals surface area contributed by atoms with Gasteiger partial charge in [0.15, 0.2) is 23.0 Å². The van der Waals surface area contributed by atoms with Crippen LogP contribution in [0.2, 0.25) is 0 Å². The van der Waals surface area contributed by atoms with Gasteiger partial charge >= 0.3 is 0 Å². The number of aromatic nitrogens is 1. The van der Waals surface area contributed by atoms with Gasteiger partial charge in [0.1, 0.15) is 0 Å². The maximum absolute atomic E-state index is 14.4. The molecule has 1 unspecified atom stereocenters. The molecule has 0 fully saturated rings. The molecule has 0 radical (unpaired) electrons. The molecule has 0 spiro atoms. The molecule has 1 aromatic heterocycles. The second-order valence-electron chi connectivity index (χ2n) is 7.49. The predicted octanol–water partition coefficient (Wildman–Crippen LogP) is 3.72. The summed E-state index contributed by atoms with van der Waals surface area (Å²) in [6, 6.07) is 15.6. The minimum Gasteiger partial charge on any atom is -0.490 e. The van der Waals surface area contributed by atoms with E-state index in [4.69, 9.17) is 15.2 Å². The minimum absolute atomic E-state index is 0.0878. The Kier molecular flexibility index (Phi) is 6.00. The fourth-order valence-corrected chi connectivity index (χ4v) is 3.97. The van der Waals surface area contributed by atoms with Crippen LogP contribution in [0.25, 0.3) is 11.1 Å². The minimum atomic E-state index is -1.45. The summed E-state index contributed by atoms with van der Waals surface area (Å²) in [4.78, 5) is 23.3. The van der Waals surface area contributed by atoms with Crippen LogP contribution in [0.4, 0.5) is 4.39 Å². The van der Waals surface area contributed by atoms with Gasteiger partial charge < -0.3 is 15.2 Å². The number of nitrogens with two attached hydrogens (primary N) is 1. The summed E-state index contributed by atoms with van der Waals surface area (Å²) >= 11 is 0. The summed E-state index contributed by atoms with van der Waals surface area (Å²) in [5, 5.41) is 0. The highest BCUT2D eigenvalue weighted by Gasteiger charge is 2.50. The fraction of sp³-hybridized carbons (Fsp3) is 0.240. The van der Waals surface area contributed by atoms with Gasteiger partial charge in [0.2, 0.25) is 5.95 Å². The average molecular weight is 448 g/mol. The predicted molar refractivity (Wildman–Crippen MR) is 124 cm³/mol. The molecule has 3 aromatic rings. The molecular formula is C25H25FN4O3. The lowest BCUT2D eigenvalue weighted by Crippen LogP contribution is -2.41. The van der Waals surface area contributed by atoms with Gasteiger partial charge in [-0.3, -0.25) is 9.69 Å². The fourth-order valence-electron chi connectivity index (χ4n) is 3.97. The van der Waals surface area contributed by atoms with E-state index in [1.807, 2.05) is 13.8 Å². The standard InChI is InChI=1S/C25H25FN4O3/c1-4-32-20-12-11-18(15-21(20)33-5-2)25(23(31)30(3)24(27)29-25)17-9-6-8-16(14-17)19-10-7-13-28-22(19)26/h6-15H,4-5H2,1-3H3,(H2,27,29). The maximum Gasteiger partial charge on any atom is 0.266 e. The Morgan fingerprint density at radius 2 is 1.73 bits per heavy atom. The van der Waals surface area contributed by atoms with Gasteiger partial charge in [0.25, 0.3) is 5.91 Å². The number of rotatable bonds is 7. The van der Waals surface area contributed by atoms with Crippen LogP contribution in [0.1, 0.15) is 25.0 Å². The number of ether oxygens (including phenoxy) is 2. The van der Waals surface area contributed by atoms with Crippen LogP contribution in [0.5, 0.6) is 11.5 Å². The Morgan fingerprint density at radius 3 is 2.39 bits per heavy atom. The highest BCUT2D eigenvalue weighted by atomic mass is 19.1. The number of amides is 1. The highest BCUT2D eigenvalue weighted by molar-refractivity contribution is 6.09. The van der Waals surface area contributed by atoms with Crippen molar-refractivity contribution in [1.82, 2.24) is 9.88 Å².